The van der Waals surface area contributed by atoms with Crippen LogP contribution in [0.2, 0.25) is 0 Å². The van der Waals surface area contributed by atoms with Crippen molar-refractivity contribution in [3.8, 4) is 5.75 Å². The van der Waals surface area contributed by atoms with Crippen LogP contribution in [-0.2, 0) is 17.6 Å². The molecule has 1 heterocycles. The van der Waals surface area contributed by atoms with Gasteiger partial charge in [0, 0.05) is 9.58 Å². The molecule has 3 rings (SSSR count). The van der Waals surface area contributed by atoms with Gasteiger partial charge < -0.3 is 9.84 Å². The molecule has 1 aromatic heterocycles. The minimum Gasteiger partial charge on any atom is -0.478 e. The Balaban J connectivity index is 1.97. The third-order valence-electron chi connectivity index (χ3n) is 3.82. The molecule has 0 unspecified atom stereocenters. The fourth-order valence-corrected chi connectivity index (χ4v) is 3.97. The van der Waals surface area contributed by atoms with Crippen LogP contribution in [-0.4, -0.2) is 16.7 Å². The van der Waals surface area contributed by atoms with Gasteiger partial charge in [-0.25, -0.2) is 4.79 Å². The van der Waals surface area contributed by atoms with E-state index >= 15 is 0 Å². The fourth-order valence-electron chi connectivity index (χ4n) is 2.65. The number of carbonyl (C=O) groups is 1. The molecule has 3 nitrogen and oxygen atoms in total. The maximum Gasteiger partial charge on any atom is 0.347 e. The van der Waals surface area contributed by atoms with E-state index in [0.29, 0.717) is 5.75 Å². The lowest BCUT2D eigenvalue weighted by Gasteiger charge is -2.21. The highest BCUT2D eigenvalue weighted by molar-refractivity contribution is 7.19. The zero-order valence-corrected chi connectivity index (χ0v) is 12.5. The van der Waals surface area contributed by atoms with Crippen molar-refractivity contribution in [2.24, 2.45) is 0 Å². The highest BCUT2D eigenvalue weighted by atomic mass is 32.1. The minimum absolute atomic E-state index is 0.628. The van der Waals surface area contributed by atoms with E-state index in [-0.39, 0.29) is 0 Å². The van der Waals surface area contributed by atoms with Crippen molar-refractivity contribution in [2.45, 2.75) is 45.1 Å². The summed E-state index contributed by atoms with van der Waals surface area (Å²) >= 11 is 1.82. The van der Waals surface area contributed by atoms with Crippen LogP contribution in [0, 0.1) is 0 Å². The third kappa shape index (κ3) is 2.29. The maximum absolute atomic E-state index is 11.1. The van der Waals surface area contributed by atoms with Crippen LogP contribution in [0.15, 0.2) is 18.2 Å². The number of aryl methyl sites for hydroxylation is 2. The zero-order valence-electron chi connectivity index (χ0n) is 11.7. The Morgan fingerprint density at radius 3 is 2.80 bits per heavy atom. The van der Waals surface area contributed by atoms with E-state index in [0.717, 1.165) is 6.42 Å². The first-order valence-electron chi connectivity index (χ1n) is 6.94. The van der Waals surface area contributed by atoms with Gasteiger partial charge in [-0.3, -0.25) is 0 Å². The molecule has 0 radical (unpaired) electrons. The Morgan fingerprint density at radius 2 is 2.05 bits per heavy atom. The summed E-state index contributed by atoms with van der Waals surface area (Å²) in [6.45, 7) is 3.14. The molecule has 0 amide bonds. The predicted molar refractivity (Wildman–Crippen MR) is 80.8 cm³/mol. The SMILES string of the molecule is CC(C)(Oc1ccc2c3c(sc2c1)CCCC3)C(=O)O. The maximum atomic E-state index is 11.1. The highest BCUT2D eigenvalue weighted by Crippen LogP contribution is 2.38. The molecule has 1 N–H and O–H groups in total. The van der Waals surface area contributed by atoms with Gasteiger partial charge in [0.2, 0.25) is 0 Å². The Hall–Kier alpha value is -1.55. The first-order chi connectivity index (χ1) is 9.47. The number of fused-ring (bicyclic) bond motifs is 3. The molecule has 2 aromatic rings. The third-order valence-corrected chi connectivity index (χ3v) is 5.07. The largest absolute Gasteiger partial charge is 0.478 e. The Kier molecular flexibility index (Phi) is 3.21. The molecule has 0 fully saturated rings. The van der Waals surface area contributed by atoms with E-state index < -0.39 is 11.6 Å². The van der Waals surface area contributed by atoms with Crippen molar-refractivity contribution in [3.05, 3.63) is 28.6 Å². The predicted octanol–water partition coefficient (Wildman–Crippen LogP) is 4.02. The lowest BCUT2D eigenvalue weighted by atomic mass is 9.96. The van der Waals surface area contributed by atoms with Crippen LogP contribution in [0.5, 0.6) is 5.75 Å². The average molecular weight is 290 g/mol. The second-order valence-corrected chi connectivity index (χ2v) is 6.92. The number of ether oxygens (including phenoxy) is 1. The van der Waals surface area contributed by atoms with Crippen LogP contribution in [0.25, 0.3) is 10.1 Å². The molecular weight excluding hydrogens is 272 g/mol. The van der Waals surface area contributed by atoms with Gasteiger partial charge in [0.05, 0.1) is 0 Å². The Labute approximate surface area is 122 Å². The quantitative estimate of drug-likeness (QED) is 0.928. The van der Waals surface area contributed by atoms with Crippen LogP contribution in [0.1, 0.15) is 37.1 Å². The number of benzene rings is 1. The lowest BCUT2D eigenvalue weighted by Crippen LogP contribution is -2.37. The van der Waals surface area contributed by atoms with E-state index in [1.54, 1.807) is 13.8 Å². The van der Waals surface area contributed by atoms with Crippen LogP contribution < -0.4 is 4.74 Å². The summed E-state index contributed by atoms with van der Waals surface area (Å²) in [5.74, 6) is -0.327. The Bertz CT molecular complexity index is 670. The number of thiophene rings is 1. The average Bonchev–Trinajstić information content (AvgIpc) is 2.75. The molecular formula is C16H18O3S. The molecule has 0 saturated heterocycles. The van der Waals surface area contributed by atoms with Crippen LogP contribution in [0.3, 0.4) is 0 Å². The van der Waals surface area contributed by atoms with E-state index in [4.69, 9.17) is 9.84 Å². The fraction of sp³-hybridized carbons (Fsp3) is 0.438. The summed E-state index contributed by atoms with van der Waals surface area (Å²) in [4.78, 5) is 12.6. The molecule has 1 aliphatic rings. The van der Waals surface area contributed by atoms with Crippen molar-refractivity contribution in [1.82, 2.24) is 0 Å². The van der Waals surface area contributed by atoms with Gasteiger partial charge in [-0.05, 0) is 68.7 Å². The molecule has 106 valence electrons. The van der Waals surface area contributed by atoms with E-state index in [2.05, 4.69) is 6.07 Å². The highest BCUT2D eigenvalue weighted by Gasteiger charge is 2.29. The first-order valence-corrected chi connectivity index (χ1v) is 7.76. The standard InChI is InChI=1S/C16H18O3S/c1-16(2,15(17)18)19-10-7-8-12-11-5-3-4-6-13(11)20-14(12)9-10/h7-9H,3-6H2,1-2H3,(H,17,18). The number of carboxylic acid groups (broad SMARTS) is 1. The van der Waals surface area contributed by atoms with E-state index in [9.17, 15) is 4.79 Å². The summed E-state index contributed by atoms with van der Waals surface area (Å²) in [5.41, 5.74) is 0.283. The second kappa shape index (κ2) is 4.77. The Morgan fingerprint density at radius 1 is 1.30 bits per heavy atom. The summed E-state index contributed by atoms with van der Waals surface area (Å²) < 4.78 is 6.81. The van der Waals surface area contributed by atoms with Crippen molar-refractivity contribution in [1.29, 1.82) is 0 Å². The van der Waals surface area contributed by atoms with Crippen molar-refractivity contribution < 1.29 is 14.6 Å². The molecule has 0 spiro atoms. The second-order valence-electron chi connectivity index (χ2n) is 5.79. The van der Waals surface area contributed by atoms with Crippen molar-refractivity contribution in [3.63, 3.8) is 0 Å². The summed E-state index contributed by atoms with van der Waals surface area (Å²) in [6.07, 6.45) is 4.88. The number of carboxylic acids is 1. The molecule has 20 heavy (non-hydrogen) atoms. The number of rotatable bonds is 3. The zero-order chi connectivity index (χ0) is 14.3. The monoisotopic (exact) mass is 290 g/mol. The van der Waals surface area contributed by atoms with Gasteiger partial charge in [-0.2, -0.15) is 0 Å². The molecule has 4 heteroatoms. The molecule has 0 bridgehead atoms. The van der Waals surface area contributed by atoms with Gasteiger partial charge in [0.25, 0.3) is 0 Å². The molecule has 0 atom stereocenters. The minimum atomic E-state index is -1.20. The number of aliphatic carboxylic acids is 1. The lowest BCUT2D eigenvalue weighted by molar-refractivity contribution is -0.152. The smallest absolute Gasteiger partial charge is 0.347 e. The van der Waals surface area contributed by atoms with Gasteiger partial charge >= 0.3 is 5.97 Å². The summed E-state index contributed by atoms with van der Waals surface area (Å²) in [7, 11) is 0. The molecule has 0 saturated carbocycles. The van der Waals surface area contributed by atoms with Gasteiger partial charge in [0.1, 0.15) is 5.75 Å². The summed E-state index contributed by atoms with van der Waals surface area (Å²) in [5, 5.41) is 10.4. The molecule has 1 aromatic carbocycles. The van der Waals surface area contributed by atoms with E-state index in [1.165, 1.54) is 39.8 Å². The first kappa shape index (κ1) is 13.4. The summed E-state index contributed by atoms with van der Waals surface area (Å²) in [6, 6.07) is 5.93. The van der Waals surface area contributed by atoms with Gasteiger partial charge in [-0.1, -0.05) is 0 Å². The van der Waals surface area contributed by atoms with Crippen LogP contribution >= 0.6 is 11.3 Å². The van der Waals surface area contributed by atoms with Crippen LogP contribution in [0.4, 0.5) is 0 Å². The molecule has 1 aliphatic carbocycles. The number of hydrogen-bond donors (Lipinski definition) is 1. The van der Waals surface area contributed by atoms with Gasteiger partial charge in [0.15, 0.2) is 5.60 Å². The molecule has 0 aliphatic heterocycles. The van der Waals surface area contributed by atoms with E-state index in [1.807, 2.05) is 23.5 Å². The number of hydrogen-bond acceptors (Lipinski definition) is 3. The topological polar surface area (TPSA) is 46.5 Å². The van der Waals surface area contributed by atoms with Crippen molar-refractivity contribution >= 4 is 27.4 Å². The normalized spacial score (nSPS) is 15.1. The van der Waals surface area contributed by atoms with Crippen molar-refractivity contribution in [2.75, 3.05) is 0 Å². The van der Waals surface area contributed by atoms with Gasteiger partial charge in [-0.15, -0.1) is 11.3 Å².